The molecule has 0 bridgehead atoms. The van der Waals surface area contributed by atoms with Crippen LogP contribution in [0.1, 0.15) is 71.8 Å². The summed E-state index contributed by atoms with van der Waals surface area (Å²) in [5.74, 6) is 0.438. The minimum absolute atomic E-state index is 0.157. The number of nitrogens with two attached hydrogens (primary N) is 1. The lowest BCUT2D eigenvalue weighted by molar-refractivity contribution is 0.00836. The Kier molecular flexibility index (Phi) is 6.49. The fraction of sp³-hybridized carbons (Fsp3) is 0.625. The van der Waals surface area contributed by atoms with Crippen LogP contribution in [-0.2, 0) is 4.74 Å². The number of hydrogen-bond donors (Lipinski definition) is 1. The highest BCUT2D eigenvalue weighted by Crippen LogP contribution is 2.46. The molecule has 4 heteroatoms. The van der Waals surface area contributed by atoms with Gasteiger partial charge in [0.2, 0.25) is 0 Å². The van der Waals surface area contributed by atoms with Crippen molar-refractivity contribution >= 4 is 12.2 Å². The molecule has 4 nitrogen and oxygen atoms in total. The lowest BCUT2D eigenvalue weighted by Gasteiger charge is -2.37. The van der Waals surface area contributed by atoms with Gasteiger partial charge in [-0.05, 0) is 64.9 Å². The van der Waals surface area contributed by atoms with Crippen LogP contribution >= 0.6 is 0 Å². The molecule has 0 saturated heterocycles. The van der Waals surface area contributed by atoms with Gasteiger partial charge in [-0.2, -0.15) is 0 Å². The molecule has 154 valence electrons. The summed E-state index contributed by atoms with van der Waals surface area (Å²) in [4.78, 5) is 15.2. The van der Waals surface area contributed by atoms with Gasteiger partial charge in [0, 0.05) is 24.0 Å². The number of hydrogen-bond acceptors (Lipinski definition) is 3. The van der Waals surface area contributed by atoms with Gasteiger partial charge in [0.05, 0.1) is 0 Å². The van der Waals surface area contributed by atoms with Crippen molar-refractivity contribution in [3.63, 3.8) is 0 Å². The van der Waals surface area contributed by atoms with E-state index in [9.17, 15) is 4.79 Å². The summed E-state index contributed by atoms with van der Waals surface area (Å²) >= 11 is 0. The summed E-state index contributed by atoms with van der Waals surface area (Å²) in [6.07, 6.45) is 8.12. The van der Waals surface area contributed by atoms with Crippen molar-refractivity contribution in [2.24, 2.45) is 11.7 Å². The molecule has 28 heavy (non-hydrogen) atoms. The lowest BCUT2D eigenvalue weighted by atomic mass is 9.90. The Morgan fingerprint density at radius 1 is 1.18 bits per heavy atom. The zero-order chi connectivity index (χ0) is 20.3. The van der Waals surface area contributed by atoms with E-state index in [2.05, 4.69) is 42.2 Å². The van der Waals surface area contributed by atoms with Crippen molar-refractivity contribution < 1.29 is 9.53 Å². The summed E-state index contributed by atoms with van der Waals surface area (Å²) < 4.78 is 5.80. The van der Waals surface area contributed by atoms with Crippen molar-refractivity contribution in [1.82, 2.24) is 4.90 Å². The molecule has 2 N–H and O–H groups in total. The fourth-order valence-corrected chi connectivity index (χ4v) is 4.37. The molecule has 2 aliphatic carbocycles. The topological polar surface area (TPSA) is 55.6 Å². The third-order valence-electron chi connectivity index (χ3n) is 5.89. The summed E-state index contributed by atoms with van der Waals surface area (Å²) in [7, 11) is 0. The van der Waals surface area contributed by atoms with E-state index in [1.807, 2.05) is 26.8 Å². The van der Waals surface area contributed by atoms with E-state index in [0.29, 0.717) is 5.92 Å². The summed E-state index contributed by atoms with van der Waals surface area (Å²) in [6, 6.07) is 11.2. The maximum Gasteiger partial charge on any atom is 0.410 e. The first-order chi connectivity index (χ1) is 13.3. The monoisotopic (exact) mass is 384 g/mol. The van der Waals surface area contributed by atoms with Crippen LogP contribution in [0, 0.1) is 5.92 Å². The average Bonchev–Trinajstić information content (AvgIpc) is 3.41. The Hall–Kier alpha value is -1.81. The quantitative estimate of drug-likeness (QED) is 0.742. The van der Waals surface area contributed by atoms with E-state index < -0.39 is 5.60 Å². The second-order valence-electron chi connectivity index (χ2n) is 9.35. The highest BCUT2D eigenvalue weighted by molar-refractivity contribution is 5.70. The Bertz CT molecular complexity index is 684. The Labute approximate surface area is 170 Å². The van der Waals surface area contributed by atoms with Gasteiger partial charge < -0.3 is 15.4 Å². The van der Waals surface area contributed by atoms with Crippen molar-refractivity contribution in [3.05, 3.63) is 41.5 Å². The minimum Gasteiger partial charge on any atom is -0.444 e. The number of carbonyl (C=O) groups is 1. The molecule has 0 unspecified atom stereocenters. The van der Waals surface area contributed by atoms with Crippen LogP contribution in [0.25, 0.3) is 6.08 Å². The Balaban J connectivity index is 1.77. The molecule has 2 saturated carbocycles. The van der Waals surface area contributed by atoms with Crippen LogP contribution in [0.15, 0.2) is 35.9 Å². The smallest absolute Gasteiger partial charge is 0.410 e. The number of ether oxygens (including phenoxy) is 1. The van der Waals surface area contributed by atoms with E-state index in [-0.39, 0.29) is 24.2 Å². The van der Waals surface area contributed by atoms with Crippen molar-refractivity contribution in [3.8, 4) is 0 Å². The normalized spacial score (nSPS) is 28.0. The molecule has 1 amide bonds. The summed E-state index contributed by atoms with van der Waals surface area (Å²) in [6.45, 7) is 8.03. The molecule has 2 atom stereocenters. The van der Waals surface area contributed by atoms with Crippen LogP contribution in [-0.4, -0.2) is 34.7 Å². The molecular weight excluding hydrogens is 348 g/mol. The first-order valence-corrected chi connectivity index (χ1v) is 10.8. The molecule has 0 aliphatic heterocycles. The van der Waals surface area contributed by atoms with Gasteiger partial charge in [0.15, 0.2) is 0 Å². The van der Waals surface area contributed by atoms with Crippen LogP contribution in [0.3, 0.4) is 0 Å². The minimum atomic E-state index is -0.474. The number of benzene rings is 1. The first kappa shape index (κ1) is 20.9. The van der Waals surface area contributed by atoms with Crippen LogP contribution in [0.2, 0.25) is 0 Å². The van der Waals surface area contributed by atoms with Gasteiger partial charge in [-0.15, -0.1) is 0 Å². The zero-order valence-corrected chi connectivity index (χ0v) is 17.9. The third-order valence-corrected chi connectivity index (χ3v) is 5.89. The fourth-order valence-electron chi connectivity index (χ4n) is 4.37. The molecule has 0 aromatic heterocycles. The predicted molar refractivity (Wildman–Crippen MR) is 115 cm³/mol. The van der Waals surface area contributed by atoms with E-state index in [1.165, 1.54) is 11.1 Å². The van der Waals surface area contributed by atoms with Gasteiger partial charge >= 0.3 is 6.09 Å². The summed E-state index contributed by atoms with van der Waals surface area (Å²) in [5.41, 5.74) is 8.29. The molecule has 2 aliphatic rings. The van der Waals surface area contributed by atoms with Gasteiger partial charge in [-0.25, -0.2) is 4.79 Å². The number of amides is 1. The molecular formula is C24H36N2O2. The van der Waals surface area contributed by atoms with Gasteiger partial charge in [-0.1, -0.05) is 48.9 Å². The second-order valence-corrected chi connectivity index (χ2v) is 9.35. The molecule has 2 fully saturated rings. The third kappa shape index (κ3) is 5.38. The molecule has 0 heterocycles. The van der Waals surface area contributed by atoms with Crippen molar-refractivity contribution in [2.45, 2.75) is 89.9 Å². The molecule has 3 rings (SSSR count). The van der Waals surface area contributed by atoms with E-state index >= 15 is 0 Å². The number of carbonyl (C=O) groups excluding carboxylic acids is 1. The SMILES string of the molecule is CC/C(=C\c1ccccc1)[C@@H]1C[C@H]1N(C(=O)OC(C)(C)C)C1CCC(N)CC1. The molecule has 1 aromatic carbocycles. The standard InChI is InChI=1S/C24H36N2O2/c1-5-18(15-17-9-7-6-8-10-17)21-16-22(21)26(23(27)28-24(2,3)4)20-13-11-19(25)12-14-20/h6-10,15,19-22H,5,11-14,16,25H2,1-4H3/b18-15+/t19?,20?,21-,22+/m0/s1. The van der Waals surface area contributed by atoms with E-state index in [4.69, 9.17) is 10.5 Å². The maximum atomic E-state index is 13.1. The van der Waals surface area contributed by atoms with E-state index in [1.54, 1.807) is 0 Å². The second kappa shape index (κ2) is 8.69. The van der Waals surface area contributed by atoms with Gasteiger partial charge in [0.1, 0.15) is 5.60 Å². The van der Waals surface area contributed by atoms with Crippen molar-refractivity contribution in [2.75, 3.05) is 0 Å². The average molecular weight is 385 g/mol. The van der Waals surface area contributed by atoms with Crippen molar-refractivity contribution in [1.29, 1.82) is 0 Å². The number of nitrogens with zero attached hydrogens (tertiary/aromatic N) is 1. The molecule has 0 radical (unpaired) electrons. The predicted octanol–water partition coefficient (Wildman–Crippen LogP) is 5.38. The molecule has 0 spiro atoms. The van der Waals surface area contributed by atoms with Crippen LogP contribution < -0.4 is 5.73 Å². The highest BCUT2D eigenvalue weighted by Gasteiger charge is 2.49. The van der Waals surface area contributed by atoms with E-state index in [0.717, 1.165) is 38.5 Å². The lowest BCUT2D eigenvalue weighted by Crippen LogP contribution is -2.48. The largest absolute Gasteiger partial charge is 0.444 e. The maximum absolute atomic E-state index is 13.1. The van der Waals surface area contributed by atoms with Crippen LogP contribution in [0.4, 0.5) is 4.79 Å². The Morgan fingerprint density at radius 2 is 1.82 bits per heavy atom. The zero-order valence-electron chi connectivity index (χ0n) is 17.9. The van der Waals surface area contributed by atoms with Gasteiger partial charge in [-0.3, -0.25) is 0 Å². The van der Waals surface area contributed by atoms with Crippen LogP contribution in [0.5, 0.6) is 0 Å². The number of rotatable bonds is 5. The first-order valence-electron chi connectivity index (χ1n) is 10.8. The summed E-state index contributed by atoms with van der Waals surface area (Å²) in [5, 5.41) is 0. The Morgan fingerprint density at radius 3 is 2.39 bits per heavy atom. The molecule has 1 aromatic rings. The van der Waals surface area contributed by atoms with Gasteiger partial charge in [0.25, 0.3) is 0 Å². The highest BCUT2D eigenvalue weighted by atomic mass is 16.6.